The van der Waals surface area contributed by atoms with Crippen molar-refractivity contribution in [1.82, 2.24) is 19.7 Å². The number of aromatic nitrogens is 4. The van der Waals surface area contributed by atoms with Crippen LogP contribution in [-0.2, 0) is 12.8 Å². The van der Waals surface area contributed by atoms with E-state index in [-0.39, 0.29) is 0 Å². The van der Waals surface area contributed by atoms with Gasteiger partial charge in [0.05, 0.1) is 23.1 Å². The maximum atomic E-state index is 5.75. The molecule has 0 saturated carbocycles. The molecular weight excluding hydrogens is 224 g/mol. The molecule has 2 heterocycles. The van der Waals surface area contributed by atoms with E-state index in [1.54, 1.807) is 17.1 Å². The second-order valence-corrected chi connectivity index (χ2v) is 3.88. The Morgan fingerprint density at radius 1 is 1.19 bits per heavy atom. The van der Waals surface area contributed by atoms with Gasteiger partial charge >= 0.3 is 0 Å². The minimum atomic E-state index is 0.532. The summed E-state index contributed by atoms with van der Waals surface area (Å²) in [6.07, 6.45) is 4.97. The van der Waals surface area contributed by atoms with Gasteiger partial charge in [0.2, 0.25) is 0 Å². The Kier molecular flexibility index (Phi) is 3.19. The van der Waals surface area contributed by atoms with Gasteiger partial charge in [0.1, 0.15) is 0 Å². The van der Waals surface area contributed by atoms with Crippen molar-refractivity contribution in [2.45, 2.75) is 26.7 Å². The maximum Gasteiger partial charge on any atom is 0.250 e. The molecule has 0 unspecified atom stereocenters. The Bertz CT molecular complexity index is 475. The Labute approximate surface area is 99.3 Å². The van der Waals surface area contributed by atoms with Gasteiger partial charge in [-0.2, -0.15) is 5.10 Å². The molecule has 0 amide bonds. The molecule has 0 bridgehead atoms. The SMILES string of the molecule is CCc1cc(CC)n(-c2ncc(Cl)cn2)n1. The lowest BCUT2D eigenvalue weighted by atomic mass is 10.3. The summed E-state index contributed by atoms with van der Waals surface area (Å²) in [6.45, 7) is 4.16. The summed E-state index contributed by atoms with van der Waals surface area (Å²) >= 11 is 5.75. The molecule has 0 aromatic carbocycles. The fourth-order valence-electron chi connectivity index (χ4n) is 1.49. The molecule has 0 saturated heterocycles. The summed E-state index contributed by atoms with van der Waals surface area (Å²) in [6, 6.07) is 2.08. The molecule has 0 spiro atoms. The standard InChI is InChI=1S/C11H13ClN4/c1-3-9-5-10(4-2)16(15-9)11-13-6-8(12)7-14-11/h5-7H,3-4H2,1-2H3. The van der Waals surface area contributed by atoms with Crippen LogP contribution in [0.2, 0.25) is 5.02 Å². The van der Waals surface area contributed by atoms with Gasteiger partial charge in [0.25, 0.3) is 5.95 Å². The largest absolute Gasteiger partial charge is 0.250 e. The van der Waals surface area contributed by atoms with Crippen LogP contribution < -0.4 is 0 Å². The lowest BCUT2D eigenvalue weighted by Gasteiger charge is -2.02. The predicted octanol–water partition coefficient (Wildman–Crippen LogP) is 2.44. The first-order valence-corrected chi connectivity index (χ1v) is 5.68. The van der Waals surface area contributed by atoms with Crippen LogP contribution in [-0.4, -0.2) is 19.7 Å². The summed E-state index contributed by atoms with van der Waals surface area (Å²) in [7, 11) is 0. The van der Waals surface area contributed by atoms with Gasteiger partial charge in [0, 0.05) is 5.69 Å². The Hall–Kier alpha value is -1.42. The highest BCUT2D eigenvalue weighted by Crippen LogP contribution is 2.11. The Balaban J connectivity index is 2.45. The first-order chi connectivity index (χ1) is 7.74. The molecule has 0 N–H and O–H groups in total. The van der Waals surface area contributed by atoms with Crippen molar-refractivity contribution in [2.75, 3.05) is 0 Å². The van der Waals surface area contributed by atoms with Crippen molar-refractivity contribution in [1.29, 1.82) is 0 Å². The molecule has 4 nitrogen and oxygen atoms in total. The van der Waals surface area contributed by atoms with Crippen molar-refractivity contribution >= 4 is 11.6 Å². The number of hydrogen-bond donors (Lipinski definition) is 0. The van der Waals surface area contributed by atoms with Crippen molar-refractivity contribution in [3.05, 3.63) is 34.9 Å². The number of halogens is 1. The van der Waals surface area contributed by atoms with Crippen LogP contribution in [0.25, 0.3) is 5.95 Å². The molecule has 16 heavy (non-hydrogen) atoms. The van der Waals surface area contributed by atoms with Crippen LogP contribution in [0.3, 0.4) is 0 Å². The fraction of sp³-hybridized carbons (Fsp3) is 0.364. The van der Waals surface area contributed by atoms with Crippen LogP contribution in [0.15, 0.2) is 18.5 Å². The van der Waals surface area contributed by atoms with Gasteiger partial charge < -0.3 is 0 Å². The zero-order valence-corrected chi connectivity index (χ0v) is 10.1. The lowest BCUT2D eigenvalue weighted by molar-refractivity contribution is 0.746. The van der Waals surface area contributed by atoms with E-state index in [0.29, 0.717) is 11.0 Å². The van der Waals surface area contributed by atoms with Gasteiger partial charge in [-0.3, -0.25) is 0 Å². The lowest BCUT2D eigenvalue weighted by Crippen LogP contribution is -2.06. The number of nitrogens with zero attached hydrogens (tertiary/aromatic N) is 4. The topological polar surface area (TPSA) is 43.6 Å². The second-order valence-electron chi connectivity index (χ2n) is 3.45. The van der Waals surface area contributed by atoms with E-state index in [0.717, 1.165) is 24.2 Å². The third kappa shape index (κ3) is 2.07. The van der Waals surface area contributed by atoms with Gasteiger partial charge in [-0.1, -0.05) is 25.4 Å². The smallest absolute Gasteiger partial charge is 0.218 e. The first kappa shape index (κ1) is 11.1. The van der Waals surface area contributed by atoms with Crippen molar-refractivity contribution < 1.29 is 0 Å². The molecule has 0 radical (unpaired) electrons. The van der Waals surface area contributed by atoms with Crippen molar-refractivity contribution in [3.8, 4) is 5.95 Å². The zero-order valence-electron chi connectivity index (χ0n) is 9.31. The van der Waals surface area contributed by atoms with E-state index in [4.69, 9.17) is 11.6 Å². The highest BCUT2D eigenvalue weighted by molar-refractivity contribution is 6.30. The van der Waals surface area contributed by atoms with E-state index in [2.05, 4.69) is 35.0 Å². The third-order valence-electron chi connectivity index (χ3n) is 2.35. The molecule has 0 aliphatic rings. The predicted molar refractivity (Wildman–Crippen MR) is 62.9 cm³/mol. The minimum Gasteiger partial charge on any atom is -0.218 e. The van der Waals surface area contributed by atoms with Gasteiger partial charge in [-0.15, -0.1) is 0 Å². The quantitative estimate of drug-likeness (QED) is 0.822. The first-order valence-electron chi connectivity index (χ1n) is 5.30. The number of hydrogen-bond acceptors (Lipinski definition) is 3. The van der Waals surface area contributed by atoms with E-state index >= 15 is 0 Å². The highest BCUT2D eigenvalue weighted by Gasteiger charge is 2.09. The molecule has 0 aliphatic heterocycles. The summed E-state index contributed by atoms with van der Waals surface area (Å²) < 4.78 is 1.77. The monoisotopic (exact) mass is 236 g/mol. The van der Waals surface area contributed by atoms with Crippen LogP contribution in [0.4, 0.5) is 0 Å². The third-order valence-corrected chi connectivity index (χ3v) is 2.55. The molecule has 0 fully saturated rings. The summed E-state index contributed by atoms with van der Waals surface area (Å²) in [5, 5.41) is 4.98. The molecule has 5 heteroatoms. The summed E-state index contributed by atoms with van der Waals surface area (Å²) in [5.74, 6) is 0.570. The average molecular weight is 237 g/mol. The van der Waals surface area contributed by atoms with E-state index in [1.807, 2.05) is 0 Å². The summed E-state index contributed by atoms with van der Waals surface area (Å²) in [5.41, 5.74) is 2.16. The number of rotatable bonds is 3. The highest BCUT2D eigenvalue weighted by atomic mass is 35.5. The molecule has 2 aromatic rings. The molecular formula is C11H13ClN4. The van der Waals surface area contributed by atoms with Gasteiger partial charge in [-0.05, 0) is 18.9 Å². The molecule has 2 rings (SSSR count). The molecule has 0 aliphatic carbocycles. The van der Waals surface area contributed by atoms with E-state index < -0.39 is 0 Å². The van der Waals surface area contributed by atoms with Gasteiger partial charge in [0.15, 0.2) is 0 Å². The molecule has 0 atom stereocenters. The summed E-state index contributed by atoms with van der Waals surface area (Å²) in [4.78, 5) is 8.32. The maximum absolute atomic E-state index is 5.75. The van der Waals surface area contributed by atoms with Crippen molar-refractivity contribution in [3.63, 3.8) is 0 Å². The second kappa shape index (κ2) is 4.61. The van der Waals surface area contributed by atoms with E-state index in [9.17, 15) is 0 Å². The average Bonchev–Trinajstić information content (AvgIpc) is 2.73. The van der Waals surface area contributed by atoms with Gasteiger partial charge in [-0.25, -0.2) is 14.6 Å². The van der Waals surface area contributed by atoms with Crippen LogP contribution in [0, 0.1) is 0 Å². The Morgan fingerprint density at radius 2 is 1.88 bits per heavy atom. The molecule has 84 valence electrons. The zero-order chi connectivity index (χ0) is 11.5. The van der Waals surface area contributed by atoms with Crippen LogP contribution in [0.1, 0.15) is 25.2 Å². The normalized spacial score (nSPS) is 10.7. The molecule has 2 aromatic heterocycles. The number of aryl methyl sites for hydroxylation is 2. The minimum absolute atomic E-state index is 0.532. The van der Waals surface area contributed by atoms with Crippen LogP contribution in [0.5, 0.6) is 0 Å². The van der Waals surface area contributed by atoms with E-state index in [1.165, 1.54) is 0 Å². The van der Waals surface area contributed by atoms with Crippen molar-refractivity contribution in [2.24, 2.45) is 0 Å². The Morgan fingerprint density at radius 3 is 2.44 bits per heavy atom. The fourth-order valence-corrected chi connectivity index (χ4v) is 1.59. The van der Waals surface area contributed by atoms with Crippen LogP contribution >= 0.6 is 11.6 Å².